The summed E-state index contributed by atoms with van der Waals surface area (Å²) in [5.74, 6) is -1.22. The lowest BCUT2D eigenvalue weighted by Crippen LogP contribution is -2.16. The van der Waals surface area contributed by atoms with E-state index in [2.05, 4.69) is 5.10 Å². The first-order chi connectivity index (χ1) is 9.31. The molecule has 0 spiro atoms. The number of rotatable bonds is 3. The molecule has 0 aliphatic rings. The minimum Gasteiger partial charge on any atom is -0.324 e. The lowest BCUT2D eigenvalue weighted by atomic mass is 9.98. The summed E-state index contributed by atoms with van der Waals surface area (Å²) >= 11 is 6.13. The molecule has 2 N–H and O–H groups in total. The Morgan fingerprint density at radius 1 is 1.30 bits per heavy atom. The quantitative estimate of drug-likeness (QED) is 0.946. The number of aryl methyl sites for hydroxylation is 3. The van der Waals surface area contributed by atoms with Crippen LogP contribution in [0.5, 0.6) is 0 Å². The topological polar surface area (TPSA) is 43.8 Å². The van der Waals surface area contributed by atoms with E-state index in [1.165, 1.54) is 6.07 Å². The number of halogens is 3. The minimum absolute atomic E-state index is 0.281. The van der Waals surface area contributed by atoms with Crippen molar-refractivity contribution in [3.63, 3.8) is 0 Å². The first kappa shape index (κ1) is 14.9. The monoisotopic (exact) mass is 299 g/mol. The predicted molar refractivity (Wildman–Crippen MR) is 74.7 cm³/mol. The van der Waals surface area contributed by atoms with Gasteiger partial charge in [-0.1, -0.05) is 11.6 Å². The highest BCUT2D eigenvalue weighted by molar-refractivity contribution is 6.30. The maximum Gasteiger partial charge on any atom is 0.130 e. The molecular formula is C14H16ClF2N3. The van der Waals surface area contributed by atoms with E-state index in [4.69, 9.17) is 17.3 Å². The molecule has 0 amide bonds. The Morgan fingerprint density at radius 3 is 2.50 bits per heavy atom. The van der Waals surface area contributed by atoms with Crippen LogP contribution in [0, 0.1) is 25.5 Å². The zero-order chi connectivity index (χ0) is 15.0. The Balaban J connectivity index is 2.33. The highest BCUT2D eigenvalue weighted by Crippen LogP contribution is 2.27. The van der Waals surface area contributed by atoms with Crippen molar-refractivity contribution in [2.75, 3.05) is 0 Å². The molecule has 6 heteroatoms. The van der Waals surface area contributed by atoms with Crippen LogP contribution in [0.3, 0.4) is 0 Å². The Morgan fingerprint density at radius 2 is 1.95 bits per heavy atom. The van der Waals surface area contributed by atoms with Gasteiger partial charge in [0.25, 0.3) is 0 Å². The van der Waals surface area contributed by atoms with Gasteiger partial charge in [0, 0.05) is 30.3 Å². The molecule has 0 saturated heterocycles. The van der Waals surface area contributed by atoms with Crippen molar-refractivity contribution in [1.29, 1.82) is 0 Å². The molecule has 0 aliphatic carbocycles. The second-order valence-electron chi connectivity index (χ2n) is 4.91. The van der Waals surface area contributed by atoms with Crippen LogP contribution in [0.4, 0.5) is 8.78 Å². The van der Waals surface area contributed by atoms with E-state index in [1.807, 2.05) is 6.92 Å². The molecule has 108 valence electrons. The van der Waals surface area contributed by atoms with Gasteiger partial charge in [0.1, 0.15) is 16.8 Å². The van der Waals surface area contributed by atoms with E-state index < -0.39 is 17.7 Å². The summed E-state index contributed by atoms with van der Waals surface area (Å²) in [5.41, 5.74) is 8.22. The normalized spacial score (nSPS) is 12.8. The Bertz CT molecular complexity index is 652. The van der Waals surface area contributed by atoms with Crippen LogP contribution in [0.2, 0.25) is 5.15 Å². The zero-order valence-electron chi connectivity index (χ0n) is 11.5. The van der Waals surface area contributed by atoms with Crippen LogP contribution in [0.25, 0.3) is 0 Å². The van der Waals surface area contributed by atoms with Gasteiger partial charge in [0.2, 0.25) is 0 Å². The van der Waals surface area contributed by atoms with Crippen molar-refractivity contribution in [1.82, 2.24) is 9.78 Å². The van der Waals surface area contributed by atoms with E-state index in [1.54, 1.807) is 18.7 Å². The van der Waals surface area contributed by atoms with Crippen molar-refractivity contribution < 1.29 is 8.78 Å². The Kier molecular flexibility index (Phi) is 4.11. The smallest absolute Gasteiger partial charge is 0.130 e. The molecular weight excluding hydrogens is 284 g/mol. The SMILES string of the molecule is Cc1cc(C(N)Cc2c(C)nn(C)c2Cl)c(F)cc1F. The number of nitrogens with zero attached hydrogens (tertiary/aromatic N) is 2. The second kappa shape index (κ2) is 5.50. The summed E-state index contributed by atoms with van der Waals surface area (Å²) in [6.45, 7) is 3.40. The third kappa shape index (κ3) is 2.69. The van der Waals surface area contributed by atoms with Gasteiger partial charge < -0.3 is 5.73 Å². The lowest BCUT2D eigenvalue weighted by Gasteiger charge is -2.14. The van der Waals surface area contributed by atoms with Crippen LogP contribution in [0.15, 0.2) is 12.1 Å². The highest BCUT2D eigenvalue weighted by Gasteiger charge is 2.19. The molecule has 2 aromatic rings. The first-order valence-electron chi connectivity index (χ1n) is 6.20. The highest BCUT2D eigenvalue weighted by atomic mass is 35.5. The maximum atomic E-state index is 13.8. The van der Waals surface area contributed by atoms with Crippen molar-refractivity contribution in [3.8, 4) is 0 Å². The third-order valence-electron chi connectivity index (χ3n) is 3.37. The number of aromatic nitrogens is 2. The van der Waals surface area contributed by atoms with Gasteiger partial charge in [-0.2, -0.15) is 5.10 Å². The van der Waals surface area contributed by atoms with Crippen molar-refractivity contribution in [2.45, 2.75) is 26.3 Å². The summed E-state index contributed by atoms with van der Waals surface area (Å²) < 4.78 is 28.6. The van der Waals surface area contributed by atoms with Crippen LogP contribution in [-0.4, -0.2) is 9.78 Å². The summed E-state index contributed by atoms with van der Waals surface area (Å²) in [6, 6.07) is 1.70. The van der Waals surface area contributed by atoms with Gasteiger partial charge in [-0.05, 0) is 31.9 Å². The van der Waals surface area contributed by atoms with E-state index in [-0.39, 0.29) is 5.56 Å². The fraction of sp³-hybridized carbons (Fsp3) is 0.357. The van der Waals surface area contributed by atoms with Gasteiger partial charge in [-0.25, -0.2) is 8.78 Å². The van der Waals surface area contributed by atoms with Crippen LogP contribution < -0.4 is 5.73 Å². The first-order valence-corrected chi connectivity index (χ1v) is 6.58. The van der Waals surface area contributed by atoms with Crippen LogP contribution >= 0.6 is 11.6 Å². The summed E-state index contributed by atoms with van der Waals surface area (Å²) in [5, 5.41) is 4.67. The Labute approximate surface area is 121 Å². The standard InChI is InChI=1S/C14H16ClF2N3/c1-7-4-10(12(17)6-11(7)16)13(18)5-9-8(2)19-20(3)14(9)15/h4,6,13H,5,18H2,1-3H3. The molecule has 0 bridgehead atoms. The van der Waals surface area contributed by atoms with Gasteiger partial charge in [-0.3, -0.25) is 4.68 Å². The molecule has 1 heterocycles. The van der Waals surface area contributed by atoms with E-state index in [0.717, 1.165) is 17.3 Å². The van der Waals surface area contributed by atoms with Gasteiger partial charge in [-0.15, -0.1) is 0 Å². The molecule has 1 unspecified atom stereocenters. The van der Waals surface area contributed by atoms with Gasteiger partial charge in [0.05, 0.1) is 5.69 Å². The van der Waals surface area contributed by atoms with E-state index in [0.29, 0.717) is 17.1 Å². The molecule has 20 heavy (non-hydrogen) atoms. The van der Waals surface area contributed by atoms with Gasteiger partial charge >= 0.3 is 0 Å². The predicted octanol–water partition coefficient (Wildman–Crippen LogP) is 3.21. The molecule has 0 saturated carbocycles. The molecule has 1 atom stereocenters. The minimum atomic E-state index is -0.640. The zero-order valence-corrected chi connectivity index (χ0v) is 12.3. The van der Waals surface area contributed by atoms with Crippen LogP contribution in [-0.2, 0) is 13.5 Å². The van der Waals surface area contributed by atoms with Gasteiger partial charge in [0.15, 0.2) is 0 Å². The summed E-state index contributed by atoms with van der Waals surface area (Å²) in [6.07, 6.45) is 0.348. The summed E-state index contributed by atoms with van der Waals surface area (Å²) in [4.78, 5) is 0. The van der Waals surface area contributed by atoms with E-state index >= 15 is 0 Å². The number of nitrogens with two attached hydrogens (primary N) is 1. The largest absolute Gasteiger partial charge is 0.324 e. The second-order valence-corrected chi connectivity index (χ2v) is 5.27. The van der Waals surface area contributed by atoms with Crippen LogP contribution in [0.1, 0.15) is 28.4 Å². The van der Waals surface area contributed by atoms with Crippen molar-refractivity contribution in [3.05, 3.63) is 51.3 Å². The molecule has 0 aliphatic heterocycles. The fourth-order valence-electron chi connectivity index (χ4n) is 2.20. The number of benzene rings is 1. The average Bonchev–Trinajstić information content (AvgIpc) is 2.60. The molecule has 0 fully saturated rings. The molecule has 1 aromatic carbocycles. The molecule has 1 aromatic heterocycles. The molecule has 2 rings (SSSR count). The third-order valence-corrected chi connectivity index (χ3v) is 3.84. The van der Waals surface area contributed by atoms with Crippen molar-refractivity contribution >= 4 is 11.6 Å². The average molecular weight is 300 g/mol. The van der Waals surface area contributed by atoms with E-state index in [9.17, 15) is 8.78 Å². The maximum absolute atomic E-state index is 13.8. The number of hydrogen-bond acceptors (Lipinski definition) is 2. The number of hydrogen-bond donors (Lipinski definition) is 1. The fourth-order valence-corrected chi connectivity index (χ4v) is 2.45. The lowest BCUT2D eigenvalue weighted by molar-refractivity contribution is 0.549. The summed E-state index contributed by atoms with van der Waals surface area (Å²) in [7, 11) is 1.73. The molecule has 3 nitrogen and oxygen atoms in total. The molecule has 0 radical (unpaired) electrons. The Hall–Kier alpha value is -1.46. The van der Waals surface area contributed by atoms with Crippen molar-refractivity contribution in [2.24, 2.45) is 12.8 Å².